The first-order valence-corrected chi connectivity index (χ1v) is 7.07. The highest BCUT2D eigenvalue weighted by Crippen LogP contribution is 2.26. The minimum absolute atomic E-state index is 0.274. The zero-order valence-corrected chi connectivity index (χ0v) is 12.7. The highest BCUT2D eigenvalue weighted by atomic mass is 15.1. The zero-order valence-electron chi connectivity index (χ0n) is 12.7. The Bertz CT molecular complexity index is 624. The molecule has 0 saturated carbocycles. The summed E-state index contributed by atoms with van der Waals surface area (Å²) < 4.78 is 0. The number of para-hydroxylation sites is 1. The number of nitrogens with one attached hydrogen (secondary N) is 1. The molecule has 0 saturated heterocycles. The average molecular weight is 280 g/mol. The van der Waals surface area contributed by atoms with E-state index >= 15 is 0 Å². The Morgan fingerprint density at radius 2 is 2.05 bits per heavy atom. The molecule has 108 valence electrons. The summed E-state index contributed by atoms with van der Waals surface area (Å²) in [6.45, 7) is 2.13. The fourth-order valence-electron chi connectivity index (χ4n) is 2.36. The van der Waals surface area contributed by atoms with Crippen LogP contribution in [0.3, 0.4) is 0 Å². The van der Waals surface area contributed by atoms with Crippen molar-refractivity contribution >= 4 is 11.4 Å². The van der Waals surface area contributed by atoms with Gasteiger partial charge in [-0.1, -0.05) is 19.1 Å². The molecule has 1 aromatic heterocycles. The van der Waals surface area contributed by atoms with Crippen LogP contribution in [0.25, 0.3) is 0 Å². The molecule has 0 aliphatic heterocycles. The van der Waals surface area contributed by atoms with E-state index in [1.807, 2.05) is 61.6 Å². The normalized spacial score (nSPS) is 11.7. The van der Waals surface area contributed by atoms with Crippen LogP contribution < -0.4 is 10.2 Å². The lowest BCUT2D eigenvalue weighted by Gasteiger charge is -2.21. The first kappa shape index (κ1) is 15.0. The van der Waals surface area contributed by atoms with Crippen LogP contribution >= 0.6 is 0 Å². The first-order chi connectivity index (χ1) is 10.2. The minimum Gasteiger partial charge on any atom is -0.342 e. The van der Waals surface area contributed by atoms with Gasteiger partial charge in [0, 0.05) is 13.1 Å². The summed E-state index contributed by atoms with van der Waals surface area (Å²) in [5.74, 6) is 0. The maximum atomic E-state index is 9.19. The molecule has 4 nitrogen and oxygen atoms in total. The molecule has 1 heterocycles. The highest BCUT2D eigenvalue weighted by molar-refractivity contribution is 5.68. The molecule has 0 radical (unpaired) electrons. The second-order valence-electron chi connectivity index (χ2n) is 4.88. The summed E-state index contributed by atoms with van der Waals surface area (Å²) in [5, 5.41) is 12.4. The zero-order chi connectivity index (χ0) is 15.2. The molecular weight excluding hydrogens is 260 g/mol. The predicted molar refractivity (Wildman–Crippen MR) is 85.5 cm³/mol. The fourth-order valence-corrected chi connectivity index (χ4v) is 2.36. The lowest BCUT2D eigenvalue weighted by molar-refractivity contribution is 0.562. The van der Waals surface area contributed by atoms with Gasteiger partial charge in [-0.25, -0.2) is 0 Å². The number of pyridine rings is 1. The van der Waals surface area contributed by atoms with E-state index in [0.717, 1.165) is 23.5 Å². The third-order valence-corrected chi connectivity index (χ3v) is 3.66. The molecule has 0 spiro atoms. The molecule has 0 fully saturated rings. The van der Waals surface area contributed by atoms with Gasteiger partial charge in [-0.15, -0.1) is 0 Å². The number of hydrogen-bond acceptors (Lipinski definition) is 4. The Hall–Kier alpha value is -2.38. The van der Waals surface area contributed by atoms with E-state index in [1.54, 1.807) is 0 Å². The van der Waals surface area contributed by atoms with E-state index in [0.29, 0.717) is 5.56 Å². The van der Waals surface area contributed by atoms with Crippen molar-refractivity contribution in [3.63, 3.8) is 0 Å². The van der Waals surface area contributed by atoms with Gasteiger partial charge >= 0.3 is 0 Å². The van der Waals surface area contributed by atoms with E-state index in [4.69, 9.17) is 0 Å². The van der Waals surface area contributed by atoms with Crippen LogP contribution in [0.4, 0.5) is 11.4 Å². The van der Waals surface area contributed by atoms with E-state index in [2.05, 4.69) is 23.3 Å². The molecule has 1 unspecified atom stereocenters. The Kier molecular flexibility index (Phi) is 4.91. The van der Waals surface area contributed by atoms with Gasteiger partial charge in [0.25, 0.3) is 0 Å². The summed E-state index contributed by atoms with van der Waals surface area (Å²) in [6, 6.07) is 14.1. The SMILES string of the molecule is CCC(NC)c1ccc(N(C)c2ccccc2C#N)cn1. The quantitative estimate of drug-likeness (QED) is 0.912. The molecule has 1 aromatic carbocycles. The van der Waals surface area contributed by atoms with Crippen molar-refractivity contribution in [3.05, 3.63) is 53.9 Å². The van der Waals surface area contributed by atoms with Gasteiger partial charge in [-0.3, -0.25) is 4.98 Å². The van der Waals surface area contributed by atoms with Gasteiger partial charge < -0.3 is 10.2 Å². The number of nitriles is 1. The van der Waals surface area contributed by atoms with Gasteiger partial charge in [0.15, 0.2) is 0 Å². The summed E-state index contributed by atoms with van der Waals surface area (Å²) >= 11 is 0. The number of aromatic nitrogens is 1. The second kappa shape index (κ2) is 6.87. The van der Waals surface area contributed by atoms with Crippen LogP contribution in [-0.2, 0) is 0 Å². The molecule has 4 heteroatoms. The summed E-state index contributed by atoms with van der Waals surface area (Å²) in [6.07, 6.45) is 2.85. The molecule has 1 atom stereocenters. The maximum Gasteiger partial charge on any atom is 0.101 e. The van der Waals surface area contributed by atoms with Crippen LogP contribution in [0.2, 0.25) is 0 Å². The Morgan fingerprint density at radius 1 is 1.29 bits per heavy atom. The molecule has 0 aliphatic rings. The maximum absolute atomic E-state index is 9.19. The van der Waals surface area contributed by atoms with Gasteiger partial charge in [-0.2, -0.15) is 5.26 Å². The van der Waals surface area contributed by atoms with Crippen molar-refractivity contribution in [2.75, 3.05) is 19.0 Å². The van der Waals surface area contributed by atoms with Gasteiger partial charge in [0.1, 0.15) is 6.07 Å². The molecule has 2 rings (SSSR count). The van der Waals surface area contributed by atoms with Gasteiger partial charge in [0.05, 0.1) is 28.8 Å². The van der Waals surface area contributed by atoms with Crippen LogP contribution in [0.15, 0.2) is 42.6 Å². The molecule has 0 bridgehead atoms. The van der Waals surface area contributed by atoms with E-state index < -0.39 is 0 Å². The Labute approximate surface area is 126 Å². The molecular formula is C17H20N4. The number of nitrogens with zero attached hydrogens (tertiary/aromatic N) is 3. The monoisotopic (exact) mass is 280 g/mol. The molecule has 0 aliphatic carbocycles. The third kappa shape index (κ3) is 3.21. The van der Waals surface area contributed by atoms with Crippen LogP contribution in [0, 0.1) is 11.3 Å². The smallest absolute Gasteiger partial charge is 0.101 e. The number of rotatable bonds is 5. The van der Waals surface area contributed by atoms with E-state index in [-0.39, 0.29) is 6.04 Å². The van der Waals surface area contributed by atoms with Crippen molar-refractivity contribution in [1.29, 1.82) is 5.26 Å². The Morgan fingerprint density at radius 3 is 2.62 bits per heavy atom. The van der Waals surface area contributed by atoms with E-state index in [9.17, 15) is 5.26 Å². The van der Waals surface area contributed by atoms with Crippen molar-refractivity contribution in [3.8, 4) is 6.07 Å². The summed E-state index contributed by atoms with van der Waals surface area (Å²) in [5.41, 5.74) is 3.54. The standard InChI is InChI=1S/C17H20N4/c1-4-15(19-2)16-10-9-14(12-20-16)21(3)17-8-6-5-7-13(17)11-18/h5-10,12,15,19H,4H2,1-3H3. The van der Waals surface area contributed by atoms with Crippen LogP contribution in [0.5, 0.6) is 0 Å². The summed E-state index contributed by atoms with van der Waals surface area (Å²) in [7, 11) is 3.89. The lowest BCUT2D eigenvalue weighted by atomic mass is 10.1. The van der Waals surface area contributed by atoms with Crippen LogP contribution in [-0.4, -0.2) is 19.1 Å². The van der Waals surface area contributed by atoms with E-state index in [1.165, 1.54) is 0 Å². The number of hydrogen-bond donors (Lipinski definition) is 1. The highest BCUT2D eigenvalue weighted by Gasteiger charge is 2.11. The minimum atomic E-state index is 0.274. The average Bonchev–Trinajstić information content (AvgIpc) is 2.56. The number of anilines is 2. The molecule has 21 heavy (non-hydrogen) atoms. The molecule has 1 N–H and O–H groups in total. The third-order valence-electron chi connectivity index (χ3n) is 3.66. The summed E-state index contributed by atoms with van der Waals surface area (Å²) in [4.78, 5) is 6.52. The van der Waals surface area contributed by atoms with Crippen LogP contribution in [0.1, 0.15) is 30.6 Å². The van der Waals surface area contributed by atoms with Gasteiger partial charge in [-0.05, 0) is 37.7 Å². The largest absolute Gasteiger partial charge is 0.342 e. The Balaban J connectivity index is 2.28. The molecule has 2 aromatic rings. The lowest BCUT2D eigenvalue weighted by Crippen LogP contribution is -2.17. The first-order valence-electron chi connectivity index (χ1n) is 7.07. The topological polar surface area (TPSA) is 52.0 Å². The predicted octanol–water partition coefficient (Wildman–Crippen LogP) is 3.39. The van der Waals surface area contributed by atoms with Crippen molar-refractivity contribution in [1.82, 2.24) is 10.3 Å². The molecule has 0 amide bonds. The van der Waals surface area contributed by atoms with Crippen molar-refractivity contribution in [2.45, 2.75) is 19.4 Å². The van der Waals surface area contributed by atoms with Crippen molar-refractivity contribution in [2.24, 2.45) is 0 Å². The van der Waals surface area contributed by atoms with Crippen molar-refractivity contribution < 1.29 is 0 Å². The second-order valence-corrected chi connectivity index (χ2v) is 4.88. The fraction of sp³-hybridized carbons (Fsp3) is 0.294. The number of benzene rings is 1. The van der Waals surface area contributed by atoms with Gasteiger partial charge in [0.2, 0.25) is 0 Å².